The number of aromatic amines is 1. The number of hydrogen-bond acceptors (Lipinski definition) is 3. The van der Waals surface area contributed by atoms with Crippen LogP contribution in [0.15, 0.2) is 36.5 Å². The van der Waals surface area contributed by atoms with Crippen LogP contribution in [-0.2, 0) is 11.2 Å². The van der Waals surface area contributed by atoms with E-state index in [1.54, 1.807) is 30.3 Å². The molecule has 0 aliphatic heterocycles. The quantitative estimate of drug-likeness (QED) is 0.756. The van der Waals surface area contributed by atoms with Crippen LogP contribution in [0.25, 0.3) is 0 Å². The number of rotatable bonds is 4. The second-order valence-corrected chi connectivity index (χ2v) is 3.70. The van der Waals surface area contributed by atoms with Crippen LogP contribution < -0.4 is 5.32 Å². The number of anilines is 1. The summed E-state index contributed by atoms with van der Waals surface area (Å²) in [4.78, 5) is 22.3. The number of aliphatic carboxylic acids is 1. The molecule has 2 rings (SSSR count). The summed E-state index contributed by atoms with van der Waals surface area (Å²) in [7, 11) is 0. The van der Waals surface area contributed by atoms with E-state index in [4.69, 9.17) is 5.11 Å². The topological polar surface area (TPSA) is 95.1 Å². The number of H-pyrrole nitrogens is 1. The summed E-state index contributed by atoms with van der Waals surface area (Å²) in [6, 6.07) is 8.26. The molecular weight excluding hydrogens is 234 g/mol. The Balaban J connectivity index is 2.10. The van der Waals surface area contributed by atoms with Gasteiger partial charge in [0.05, 0.1) is 6.42 Å². The van der Waals surface area contributed by atoms with Crippen LogP contribution >= 0.6 is 0 Å². The number of aromatic nitrogens is 2. The number of carbonyl (C=O) groups is 2. The second-order valence-electron chi connectivity index (χ2n) is 3.70. The minimum Gasteiger partial charge on any atom is -0.481 e. The summed E-state index contributed by atoms with van der Waals surface area (Å²) in [5.74, 6) is -1.23. The average Bonchev–Trinajstić information content (AvgIpc) is 2.81. The number of hydrogen-bond donors (Lipinski definition) is 3. The molecule has 0 aliphatic carbocycles. The number of carboxylic acids is 1. The number of carboxylic acid groups (broad SMARTS) is 1. The van der Waals surface area contributed by atoms with Gasteiger partial charge in [0.2, 0.25) is 0 Å². The van der Waals surface area contributed by atoms with Crippen LogP contribution in [0.3, 0.4) is 0 Å². The van der Waals surface area contributed by atoms with Crippen molar-refractivity contribution in [2.45, 2.75) is 6.42 Å². The maximum Gasteiger partial charge on any atom is 0.307 e. The fourth-order valence-electron chi connectivity index (χ4n) is 1.51. The molecule has 0 radical (unpaired) electrons. The summed E-state index contributed by atoms with van der Waals surface area (Å²) in [5, 5.41) is 17.6. The van der Waals surface area contributed by atoms with Crippen molar-refractivity contribution in [1.82, 2.24) is 10.2 Å². The molecule has 6 heteroatoms. The Morgan fingerprint density at radius 3 is 2.83 bits per heavy atom. The SMILES string of the molecule is O=C(O)Cc1cccc(NC(=O)c2ccn[nH]2)c1. The van der Waals surface area contributed by atoms with Gasteiger partial charge in [-0.2, -0.15) is 5.10 Å². The maximum atomic E-state index is 11.7. The van der Waals surface area contributed by atoms with E-state index in [0.29, 0.717) is 16.9 Å². The molecule has 92 valence electrons. The second kappa shape index (κ2) is 5.13. The van der Waals surface area contributed by atoms with Gasteiger partial charge in [0.1, 0.15) is 5.69 Å². The van der Waals surface area contributed by atoms with Crippen LogP contribution in [0.4, 0.5) is 5.69 Å². The van der Waals surface area contributed by atoms with Gasteiger partial charge in [-0.1, -0.05) is 12.1 Å². The molecule has 1 aromatic heterocycles. The fourth-order valence-corrected chi connectivity index (χ4v) is 1.51. The molecule has 0 fully saturated rings. The van der Waals surface area contributed by atoms with E-state index in [1.165, 1.54) is 6.20 Å². The van der Waals surface area contributed by atoms with Crippen molar-refractivity contribution >= 4 is 17.6 Å². The van der Waals surface area contributed by atoms with E-state index in [0.717, 1.165) is 0 Å². The van der Waals surface area contributed by atoms with E-state index < -0.39 is 5.97 Å². The summed E-state index contributed by atoms with van der Waals surface area (Å²) in [6.07, 6.45) is 1.41. The summed E-state index contributed by atoms with van der Waals surface area (Å²) in [5.41, 5.74) is 1.52. The zero-order valence-corrected chi connectivity index (χ0v) is 9.38. The van der Waals surface area contributed by atoms with Gasteiger partial charge >= 0.3 is 5.97 Å². The van der Waals surface area contributed by atoms with E-state index in [2.05, 4.69) is 15.5 Å². The van der Waals surface area contributed by atoms with Crippen molar-refractivity contribution in [3.8, 4) is 0 Å². The molecule has 1 amide bonds. The van der Waals surface area contributed by atoms with Crippen molar-refractivity contribution in [3.63, 3.8) is 0 Å². The van der Waals surface area contributed by atoms with Gasteiger partial charge in [0, 0.05) is 11.9 Å². The Morgan fingerprint density at radius 2 is 2.17 bits per heavy atom. The molecule has 0 unspecified atom stereocenters. The van der Waals surface area contributed by atoms with Gasteiger partial charge in [-0.05, 0) is 23.8 Å². The fraction of sp³-hybridized carbons (Fsp3) is 0.0833. The normalized spacial score (nSPS) is 10.0. The maximum absolute atomic E-state index is 11.7. The largest absolute Gasteiger partial charge is 0.481 e. The summed E-state index contributed by atoms with van der Waals surface area (Å²) < 4.78 is 0. The molecule has 1 aromatic carbocycles. The van der Waals surface area contributed by atoms with Crippen molar-refractivity contribution in [1.29, 1.82) is 0 Å². The van der Waals surface area contributed by atoms with Crippen molar-refractivity contribution in [3.05, 3.63) is 47.8 Å². The molecule has 3 N–H and O–H groups in total. The lowest BCUT2D eigenvalue weighted by Gasteiger charge is -2.05. The molecule has 18 heavy (non-hydrogen) atoms. The van der Waals surface area contributed by atoms with Crippen LogP contribution in [0.1, 0.15) is 16.1 Å². The van der Waals surface area contributed by atoms with E-state index in [9.17, 15) is 9.59 Å². The predicted molar refractivity (Wildman–Crippen MR) is 64.3 cm³/mol. The molecule has 0 spiro atoms. The van der Waals surface area contributed by atoms with E-state index in [-0.39, 0.29) is 12.3 Å². The first-order chi connectivity index (χ1) is 8.65. The molecule has 1 heterocycles. The number of nitrogens with zero attached hydrogens (tertiary/aromatic N) is 1. The lowest BCUT2D eigenvalue weighted by Crippen LogP contribution is -2.12. The Labute approximate surface area is 103 Å². The van der Waals surface area contributed by atoms with Gasteiger partial charge in [0.25, 0.3) is 5.91 Å². The van der Waals surface area contributed by atoms with Crippen molar-refractivity contribution in [2.24, 2.45) is 0 Å². The van der Waals surface area contributed by atoms with Crippen LogP contribution in [0, 0.1) is 0 Å². The number of benzene rings is 1. The monoisotopic (exact) mass is 245 g/mol. The predicted octanol–water partition coefficient (Wildman–Crippen LogP) is 1.29. The van der Waals surface area contributed by atoms with E-state index in [1.807, 2.05) is 0 Å². The van der Waals surface area contributed by atoms with Gasteiger partial charge in [0.15, 0.2) is 0 Å². The lowest BCUT2D eigenvalue weighted by atomic mass is 10.1. The standard InChI is InChI=1S/C12H11N3O3/c16-11(17)7-8-2-1-3-9(6-8)14-12(18)10-4-5-13-15-10/h1-6H,7H2,(H,13,15)(H,14,18)(H,16,17). The first-order valence-electron chi connectivity index (χ1n) is 5.26. The highest BCUT2D eigenvalue weighted by atomic mass is 16.4. The molecular formula is C12H11N3O3. The van der Waals surface area contributed by atoms with Gasteiger partial charge in [-0.25, -0.2) is 0 Å². The Kier molecular flexibility index (Phi) is 3.38. The third kappa shape index (κ3) is 2.94. The average molecular weight is 245 g/mol. The van der Waals surface area contributed by atoms with Crippen molar-refractivity contribution in [2.75, 3.05) is 5.32 Å². The molecule has 0 bridgehead atoms. The summed E-state index contributed by atoms with van der Waals surface area (Å²) >= 11 is 0. The molecule has 0 saturated carbocycles. The summed E-state index contributed by atoms with van der Waals surface area (Å²) in [6.45, 7) is 0. The third-order valence-corrected chi connectivity index (χ3v) is 2.29. The van der Waals surface area contributed by atoms with Crippen LogP contribution in [0.5, 0.6) is 0 Å². The smallest absolute Gasteiger partial charge is 0.307 e. The number of nitrogens with one attached hydrogen (secondary N) is 2. The molecule has 0 saturated heterocycles. The Hall–Kier alpha value is -2.63. The zero-order chi connectivity index (χ0) is 13.0. The first kappa shape index (κ1) is 11.8. The van der Waals surface area contributed by atoms with Crippen molar-refractivity contribution < 1.29 is 14.7 Å². The lowest BCUT2D eigenvalue weighted by molar-refractivity contribution is -0.136. The molecule has 6 nitrogen and oxygen atoms in total. The minimum absolute atomic E-state index is 0.0756. The van der Waals surface area contributed by atoms with Crippen LogP contribution in [0.2, 0.25) is 0 Å². The molecule has 2 aromatic rings. The van der Waals surface area contributed by atoms with E-state index >= 15 is 0 Å². The minimum atomic E-state index is -0.910. The van der Waals surface area contributed by atoms with Gasteiger partial charge in [-0.3, -0.25) is 14.7 Å². The Morgan fingerprint density at radius 1 is 1.33 bits per heavy atom. The number of carbonyl (C=O) groups excluding carboxylic acids is 1. The third-order valence-electron chi connectivity index (χ3n) is 2.29. The highest BCUT2D eigenvalue weighted by Gasteiger charge is 2.08. The van der Waals surface area contributed by atoms with Crippen LogP contribution in [-0.4, -0.2) is 27.2 Å². The van der Waals surface area contributed by atoms with Gasteiger partial charge in [-0.15, -0.1) is 0 Å². The first-order valence-corrected chi connectivity index (χ1v) is 5.26. The highest BCUT2D eigenvalue weighted by molar-refractivity contribution is 6.02. The van der Waals surface area contributed by atoms with Gasteiger partial charge < -0.3 is 10.4 Å². The number of amides is 1. The highest BCUT2D eigenvalue weighted by Crippen LogP contribution is 2.12. The molecule has 0 aliphatic rings. The zero-order valence-electron chi connectivity index (χ0n) is 9.38. The molecule has 0 atom stereocenters. The Bertz CT molecular complexity index is 564.